The standard InChI is InChI=1S/C27H29N7O3/c1-26(2,3)37-25(35)34-22-10-8-18(15-19(22)16-31-34)7-9-20-11-13-28-23(32-20)21-12-14-29-24(33-21)30-17-27(4,5)36-6/h8,10-16H,17H2,1-6H3,(H,29,30,33). The van der Waals surface area contributed by atoms with Gasteiger partial charge < -0.3 is 14.8 Å². The van der Waals surface area contributed by atoms with E-state index >= 15 is 0 Å². The van der Waals surface area contributed by atoms with E-state index in [2.05, 4.69) is 42.2 Å². The number of carbonyl (C=O) groups is 1. The normalized spacial score (nSPS) is 11.6. The molecule has 3 aromatic heterocycles. The van der Waals surface area contributed by atoms with E-state index in [4.69, 9.17) is 9.47 Å². The number of carbonyl (C=O) groups excluding carboxylic acids is 1. The first-order valence-electron chi connectivity index (χ1n) is 11.7. The minimum atomic E-state index is -0.609. The van der Waals surface area contributed by atoms with Crippen LogP contribution in [0.25, 0.3) is 22.4 Å². The van der Waals surface area contributed by atoms with Gasteiger partial charge in [-0.3, -0.25) is 0 Å². The molecule has 1 aromatic carbocycles. The van der Waals surface area contributed by atoms with E-state index in [9.17, 15) is 4.79 Å². The molecule has 190 valence electrons. The van der Waals surface area contributed by atoms with E-state index in [1.807, 2.05) is 46.8 Å². The summed E-state index contributed by atoms with van der Waals surface area (Å²) in [7, 11) is 1.66. The Balaban J connectivity index is 1.52. The van der Waals surface area contributed by atoms with Gasteiger partial charge in [0.1, 0.15) is 17.0 Å². The summed E-state index contributed by atoms with van der Waals surface area (Å²) in [5.41, 5.74) is 1.55. The lowest BCUT2D eigenvalue weighted by molar-refractivity contribution is 0.0342. The van der Waals surface area contributed by atoms with Crippen molar-refractivity contribution in [2.24, 2.45) is 0 Å². The number of aromatic nitrogens is 6. The molecule has 0 amide bonds. The smallest absolute Gasteiger partial charge is 0.435 e. The highest BCUT2D eigenvalue weighted by atomic mass is 16.6. The van der Waals surface area contributed by atoms with Crippen LogP contribution in [0.5, 0.6) is 0 Å². The number of anilines is 1. The number of hydrogen-bond donors (Lipinski definition) is 1. The molecule has 0 radical (unpaired) electrons. The van der Waals surface area contributed by atoms with Crippen molar-refractivity contribution in [1.29, 1.82) is 0 Å². The molecule has 4 aromatic rings. The highest BCUT2D eigenvalue weighted by molar-refractivity contribution is 5.88. The Hall–Kier alpha value is -4.36. The van der Waals surface area contributed by atoms with Crippen molar-refractivity contribution in [2.45, 2.75) is 45.8 Å². The second-order valence-corrected chi connectivity index (χ2v) is 9.91. The van der Waals surface area contributed by atoms with E-state index in [1.54, 1.807) is 43.9 Å². The van der Waals surface area contributed by atoms with Crippen molar-refractivity contribution in [3.8, 4) is 23.4 Å². The van der Waals surface area contributed by atoms with Gasteiger partial charge >= 0.3 is 6.09 Å². The van der Waals surface area contributed by atoms with Gasteiger partial charge in [0.05, 0.1) is 17.3 Å². The molecule has 4 rings (SSSR count). The van der Waals surface area contributed by atoms with Gasteiger partial charge in [-0.25, -0.2) is 24.7 Å². The number of nitrogens with zero attached hydrogens (tertiary/aromatic N) is 6. The molecule has 0 fully saturated rings. The molecule has 10 nitrogen and oxygen atoms in total. The zero-order chi connectivity index (χ0) is 26.6. The SMILES string of the molecule is COC(C)(C)CNc1nccc(-c2nccc(C#Cc3ccc4c(cnn4C(=O)OC(C)(C)C)c3)n2)n1. The average molecular weight is 500 g/mol. The molecule has 0 spiro atoms. The van der Waals surface area contributed by atoms with Crippen molar-refractivity contribution in [2.75, 3.05) is 19.0 Å². The van der Waals surface area contributed by atoms with Crippen LogP contribution in [0.1, 0.15) is 45.9 Å². The summed E-state index contributed by atoms with van der Waals surface area (Å²) < 4.78 is 12.1. The Morgan fingerprint density at radius 3 is 2.57 bits per heavy atom. The number of hydrogen-bond acceptors (Lipinski definition) is 9. The molecule has 37 heavy (non-hydrogen) atoms. The molecule has 0 atom stereocenters. The monoisotopic (exact) mass is 499 g/mol. The Kier molecular flexibility index (Phi) is 7.18. The highest BCUT2D eigenvalue weighted by Gasteiger charge is 2.20. The summed E-state index contributed by atoms with van der Waals surface area (Å²) in [5, 5.41) is 8.12. The van der Waals surface area contributed by atoms with Crippen molar-refractivity contribution in [1.82, 2.24) is 29.7 Å². The van der Waals surface area contributed by atoms with Crippen LogP contribution in [-0.4, -0.2) is 60.7 Å². The third-order valence-corrected chi connectivity index (χ3v) is 5.23. The predicted octanol–water partition coefficient (Wildman–Crippen LogP) is 4.30. The third kappa shape index (κ3) is 6.65. The molecule has 0 aliphatic heterocycles. The molecular formula is C27H29N7O3. The third-order valence-electron chi connectivity index (χ3n) is 5.23. The second kappa shape index (κ2) is 10.3. The fourth-order valence-corrected chi connectivity index (χ4v) is 3.18. The van der Waals surface area contributed by atoms with Crippen LogP contribution in [0.3, 0.4) is 0 Å². The van der Waals surface area contributed by atoms with Crippen LogP contribution < -0.4 is 5.32 Å². The summed E-state index contributed by atoms with van der Waals surface area (Å²) in [4.78, 5) is 30.1. The van der Waals surface area contributed by atoms with Crippen LogP contribution in [0.15, 0.2) is 48.9 Å². The first-order chi connectivity index (χ1) is 17.5. The first kappa shape index (κ1) is 25.7. The fraction of sp³-hybridized carbons (Fsp3) is 0.333. The average Bonchev–Trinajstić information content (AvgIpc) is 3.29. The van der Waals surface area contributed by atoms with Crippen molar-refractivity contribution >= 4 is 22.9 Å². The lowest BCUT2D eigenvalue weighted by atomic mass is 10.1. The molecule has 0 unspecified atom stereocenters. The Bertz CT molecular complexity index is 1490. The largest absolute Gasteiger partial charge is 0.442 e. The van der Waals surface area contributed by atoms with Gasteiger partial charge in [-0.1, -0.05) is 5.92 Å². The van der Waals surface area contributed by atoms with Gasteiger partial charge in [0.15, 0.2) is 5.82 Å². The molecule has 1 N–H and O–H groups in total. The molecule has 10 heteroatoms. The zero-order valence-electron chi connectivity index (χ0n) is 21.7. The van der Waals surface area contributed by atoms with Crippen LogP contribution in [-0.2, 0) is 9.47 Å². The molecular weight excluding hydrogens is 470 g/mol. The van der Waals surface area contributed by atoms with Crippen LogP contribution in [0.4, 0.5) is 10.7 Å². The second-order valence-electron chi connectivity index (χ2n) is 9.91. The molecule has 0 saturated heterocycles. The van der Waals surface area contributed by atoms with Crippen molar-refractivity contribution in [3.63, 3.8) is 0 Å². The van der Waals surface area contributed by atoms with Gasteiger partial charge in [0, 0.05) is 37.0 Å². The minimum absolute atomic E-state index is 0.358. The summed E-state index contributed by atoms with van der Waals surface area (Å²) in [5.74, 6) is 7.08. The fourth-order valence-electron chi connectivity index (χ4n) is 3.18. The predicted molar refractivity (Wildman–Crippen MR) is 140 cm³/mol. The maximum Gasteiger partial charge on any atom is 0.435 e. The van der Waals surface area contributed by atoms with E-state index in [1.165, 1.54) is 4.68 Å². The summed E-state index contributed by atoms with van der Waals surface area (Å²) in [6.45, 7) is 9.92. The van der Waals surface area contributed by atoms with E-state index in [-0.39, 0.29) is 5.60 Å². The van der Waals surface area contributed by atoms with Crippen LogP contribution in [0, 0.1) is 11.8 Å². The number of fused-ring (bicyclic) bond motifs is 1. The Morgan fingerprint density at radius 2 is 1.81 bits per heavy atom. The number of nitrogens with one attached hydrogen (secondary N) is 1. The van der Waals surface area contributed by atoms with Crippen LogP contribution in [0.2, 0.25) is 0 Å². The number of rotatable bonds is 5. The van der Waals surface area contributed by atoms with Crippen LogP contribution >= 0.6 is 0 Å². The topological polar surface area (TPSA) is 117 Å². The van der Waals surface area contributed by atoms with Gasteiger partial charge in [0.25, 0.3) is 0 Å². The first-order valence-corrected chi connectivity index (χ1v) is 11.7. The molecule has 0 saturated carbocycles. The van der Waals surface area contributed by atoms with Gasteiger partial charge in [-0.2, -0.15) is 9.78 Å². The Labute approximate surface area is 215 Å². The van der Waals surface area contributed by atoms with Crippen molar-refractivity contribution < 1.29 is 14.3 Å². The number of ether oxygens (including phenoxy) is 2. The van der Waals surface area contributed by atoms with Gasteiger partial charge in [-0.05, 0) is 70.9 Å². The van der Waals surface area contributed by atoms with E-state index < -0.39 is 11.7 Å². The Morgan fingerprint density at radius 1 is 1.03 bits per heavy atom. The van der Waals surface area contributed by atoms with E-state index in [0.717, 1.165) is 10.9 Å². The number of methoxy groups -OCH3 is 1. The molecule has 0 aliphatic rings. The van der Waals surface area contributed by atoms with Crippen molar-refractivity contribution in [3.05, 3.63) is 60.2 Å². The van der Waals surface area contributed by atoms with Gasteiger partial charge in [-0.15, -0.1) is 0 Å². The maximum atomic E-state index is 12.4. The highest BCUT2D eigenvalue weighted by Crippen LogP contribution is 2.18. The van der Waals surface area contributed by atoms with Gasteiger partial charge in [0.2, 0.25) is 5.95 Å². The number of benzene rings is 1. The lowest BCUT2D eigenvalue weighted by Crippen LogP contribution is -2.32. The maximum absolute atomic E-state index is 12.4. The quantitative estimate of drug-likeness (QED) is 0.401. The summed E-state index contributed by atoms with van der Waals surface area (Å²) in [6.07, 6.45) is 4.38. The zero-order valence-corrected chi connectivity index (χ0v) is 21.7. The minimum Gasteiger partial charge on any atom is -0.442 e. The summed E-state index contributed by atoms with van der Waals surface area (Å²) >= 11 is 0. The molecule has 3 heterocycles. The lowest BCUT2D eigenvalue weighted by Gasteiger charge is -2.23. The van der Waals surface area contributed by atoms with E-state index in [0.29, 0.717) is 35.2 Å². The molecule has 0 bridgehead atoms. The molecule has 0 aliphatic carbocycles. The summed E-state index contributed by atoms with van der Waals surface area (Å²) in [6, 6.07) is 8.96.